The molecule has 1 rings (SSSR count). The van der Waals surface area contributed by atoms with Crippen molar-refractivity contribution in [3.63, 3.8) is 0 Å². The Hall–Kier alpha value is -0.0400. The molecule has 0 spiro atoms. The van der Waals surface area contributed by atoms with Crippen molar-refractivity contribution in [1.29, 1.82) is 0 Å². The third-order valence-electron chi connectivity index (χ3n) is 2.69. The maximum atomic E-state index is 3.57. The van der Waals surface area contributed by atoms with Crippen LogP contribution in [0.25, 0.3) is 0 Å². The molecular formula is C9H19N. The summed E-state index contributed by atoms with van der Waals surface area (Å²) in [6.07, 6.45) is 5.49. The van der Waals surface area contributed by atoms with Gasteiger partial charge in [0.15, 0.2) is 0 Å². The Morgan fingerprint density at radius 2 is 2.10 bits per heavy atom. The summed E-state index contributed by atoms with van der Waals surface area (Å²) in [6, 6.07) is 0.818. The van der Waals surface area contributed by atoms with Crippen molar-refractivity contribution in [2.24, 2.45) is 5.92 Å². The first-order chi connectivity index (χ1) is 4.88. The van der Waals surface area contributed by atoms with Crippen LogP contribution in [0.1, 0.15) is 39.5 Å². The lowest BCUT2D eigenvalue weighted by molar-refractivity contribution is 0.267. The maximum absolute atomic E-state index is 3.57. The SMILES string of the molecule is CC[C@@H]1CCCN[C@@H]1CC. The van der Waals surface area contributed by atoms with Gasteiger partial charge in [-0.05, 0) is 31.7 Å². The maximum Gasteiger partial charge on any atom is 0.00926 e. The summed E-state index contributed by atoms with van der Waals surface area (Å²) in [7, 11) is 0. The Bertz CT molecular complexity index is 78.7. The second kappa shape index (κ2) is 3.97. The van der Waals surface area contributed by atoms with Crippen molar-refractivity contribution < 1.29 is 0 Å². The lowest BCUT2D eigenvalue weighted by Gasteiger charge is -2.31. The third kappa shape index (κ3) is 1.72. The first-order valence-electron chi connectivity index (χ1n) is 4.61. The van der Waals surface area contributed by atoms with E-state index >= 15 is 0 Å². The van der Waals surface area contributed by atoms with E-state index in [1.165, 1.54) is 32.2 Å². The van der Waals surface area contributed by atoms with Gasteiger partial charge in [0.2, 0.25) is 0 Å². The van der Waals surface area contributed by atoms with Crippen molar-refractivity contribution >= 4 is 0 Å². The minimum atomic E-state index is 0.818. The fourth-order valence-corrected chi connectivity index (χ4v) is 1.99. The molecule has 0 bridgehead atoms. The molecule has 60 valence electrons. The van der Waals surface area contributed by atoms with E-state index in [9.17, 15) is 0 Å². The Kier molecular flexibility index (Phi) is 3.20. The second-order valence-corrected chi connectivity index (χ2v) is 3.28. The molecule has 10 heavy (non-hydrogen) atoms. The van der Waals surface area contributed by atoms with E-state index in [-0.39, 0.29) is 0 Å². The highest BCUT2D eigenvalue weighted by Gasteiger charge is 2.20. The molecule has 1 aliphatic heterocycles. The Balaban J connectivity index is 2.34. The summed E-state index contributed by atoms with van der Waals surface area (Å²) in [5.41, 5.74) is 0. The van der Waals surface area contributed by atoms with Crippen LogP contribution < -0.4 is 5.32 Å². The Morgan fingerprint density at radius 1 is 1.30 bits per heavy atom. The van der Waals surface area contributed by atoms with Gasteiger partial charge < -0.3 is 5.32 Å². The van der Waals surface area contributed by atoms with Crippen molar-refractivity contribution in [2.45, 2.75) is 45.6 Å². The number of nitrogens with one attached hydrogen (secondary N) is 1. The fourth-order valence-electron chi connectivity index (χ4n) is 1.99. The molecule has 1 heterocycles. The molecule has 1 N–H and O–H groups in total. The van der Waals surface area contributed by atoms with Gasteiger partial charge in [-0.3, -0.25) is 0 Å². The summed E-state index contributed by atoms with van der Waals surface area (Å²) >= 11 is 0. The number of piperidine rings is 1. The van der Waals surface area contributed by atoms with Crippen molar-refractivity contribution in [3.05, 3.63) is 0 Å². The number of rotatable bonds is 2. The van der Waals surface area contributed by atoms with Gasteiger partial charge in [0.05, 0.1) is 0 Å². The molecule has 2 atom stereocenters. The standard InChI is InChI=1S/C9H19N/c1-3-8-6-5-7-10-9(8)4-2/h8-10H,3-7H2,1-2H3/t8-,9-/m1/s1. The van der Waals surface area contributed by atoms with Crippen molar-refractivity contribution in [3.8, 4) is 0 Å². The van der Waals surface area contributed by atoms with Crippen LogP contribution in [0.3, 0.4) is 0 Å². The van der Waals surface area contributed by atoms with Crippen LogP contribution in [0.4, 0.5) is 0 Å². The molecule has 1 heteroatoms. The fraction of sp³-hybridized carbons (Fsp3) is 1.00. The molecule has 0 unspecified atom stereocenters. The smallest absolute Gasteiger partial charge is 0.00926 e. The molecule has 0 aromatic heterocycles. The van der Waals surface area contributed by atoms with E-state index in [0.29, 0.717) is 0 Å². The number of hydrogen-bond donors (Lipinski definition) is 1. The van der Waals surface area contributed by atoms with Gasteiger partial charge in [-0.15, -0.1) is 0 Å². The molecule has 1 saturated heterocycles. The topological polar surface area (TPSA) is 12.0 Å². The van der Waals surface area contributed by atoms with Crippen LogP contribution in [-0.2, 0) is 0 Å². The quantitative estimate of drug-likeness (QED) is 0.621. The zero-order valence-corrected chi connectivity index (χ0v) is 7.19. The van der Waals surface area contributed by atoms with E-state index in [2.05, 4.69) is 19.2 Å². The van der Waals surface area contributed by atoms with Crippen LogP contribution in [0.15, 0.2) is 0 Å². The molecule has 0 aromatic rings. The summed E-state index contributed by atoms with van der Waals surface area (Å²) in [5, 5.41) is 3.57. The molecule has 1 aliphatic rings. The predicted molar refractivity (Wildman–Crippen MR) is 45.1 cm³/mol. The highest BCUT2D eigenvalue weighted by molar-refractivity contribution is 4.78. The second-order valence-electron chi connectivity index (χ2n) is 3.28. The van der Waals surface area contributed by atoms with Crippen LogP contribution in [0.5, 0.6) is 0 Å². The van der Waals surface area contributed by atoms with Gasteiger partial charge in [0.1, 0.15) is 0 Å². The van der Waals surface area contributed by atoms with Gasteiger partial charge >= 0.3 is 0 Å². The molecule has 0 saturated carbocycles. The summed E-state index contributed by atoms with van der Waals surface area (Å²) < 4.78 is 0. The summed E-state index contributed by atoms with van der Waals surface area (Å²) in [5.74, 6) is 0.957. The highest BCUT2D eigenvalue weighted by atomic mass is 14.9. The molecule has 0 aliphatic carbocycles. The van der Waals surface area contributed by atoms with Crippen LogP contribution >= 0.6 is 0 Å². The summed E-state index contributed by atoms with van der Waals surface area (Å²) in [4.78, 5) is 0. The lowest BCUT2D eigenvalue weighted by Crippen LogP contribution is -2.40. The average Bonchev–Trinajstić information content (AvgIpc) is 2.04. The molecule has 0 amide bonds. The van der Waals surface area contributed by atoms with Gasteiger partial charge in [-0.25, -0.2) is 0 Å². The molecule has 0 aromatic carbocycles. The highest BCUT2D eigenvalue weighted by Crippen LogP contribution is 2.21. The zero-order chi connectivity index (χ0) is 7.40. The predicted octanol–water partition coefficient (Wildman–Crippen LogP) is 2.17. The largest absolute Gasteiger partial charge is 0.314 e. The Labute approximate surface area is 64.2 Å². The average molecular weight is 141 g/mol. The van der Waals surface area contributed by atoms with E-state index in [4.69, 9.17) is 0 Å². The van der Waals surface area contributed by atoms with Gasteiger partial charge in [0, 0.05) is 6.04 Å². The van der Waals surface area contributed by atoms with Crippen LogP contribution in [0, 0.1) is 5.92 Å². The molecule has 1 nitrogen and oxygen atoms in total. The Morgan fingerprint density at radius 3 is 2.60 bits per heavy atom. The number of hydrogen-bond acceptors (Lipinski definition) is 1. The first-order valence-corrected chi connectivity index (χ1v) is 4.61. The minimum Gasteiger partial charge on any atom is -0.314 e. The van der Waals surface area contributed by atoms with Crippen molar-refractivity contribution in [1.82, 2.24) is 5.32 Å². The minimum absolute atomic E-state index is 0.818. The van der Waals surface area contributed by atoms with Gasteiger partial charge in [-0.2, -0.15) is 0 Å². The third-order valence-corrected chi connectivity index (χ3v) is 2.69. The van der Waals surface area contributed by atoms with Crippen LogP contribution in [-0.4, -0.2) is 12.6 Å². The van der Waals surface area contributed by atoms with E-state index < -0.39 is 0 Å². The summed E-state index contributed by atoms with van der Waals surface area (Å²) in [6.45, 7) is 5.83. The molecule has 0 radical (unpaired) electrons. The molecular weight excluding hydrogens is 122 g/mol. The zero-order valence-electron chi connectivity index (χ0n) is 7.19. The normalized spacial score (nSPS) is 34.2. The molecule has 1 fully saturated rings. The monoisotopic (exact) mass is 141 g/mol. The lowest BCUT2D eigenvalue weighted by atomic mass is 9.87. The van der Waals surface area contributed by atoms with E-state index in [1.807, 2.05) is 0 Å². The first kappa shape index (κ1) is 8.06. The van der Waals surface area contributed by atoms with Crippen molar-refractivity contribution in [2.75, 3.05) is 6.54 Å². The van der Waals surface area contributed by atoms with Gasteiger partial charge in [-0.1, -0.05) is 20.3 Å². The van der Waals surface area contributed by atoms with E-state index in [0.717, 1.165) is 12.0 Å². The van der Waals surface area contributed by atoms with E-state index in [1.54, 1.807) is 0 Å². The van der Waals surface area contributed by atoms with Crippen LogP contribution in [0.2, 0.25) is 0 Å². The van der Waals surface area contributed by atoms with Gasteiger partial charge in [0.25, 0.3) is 0 Å².